The van der Waals surface area contributed by atoms with Gasteiger partial charge in [0.05, 0.1) is 0 Å². The number of nitrogens with zero attached hydrogens (tertiary/aromatic N) is 3. The van der Waals surface area contributed by atoms with E-state index in [4.69, 9.17) is 15.0 Å². The number of rotatable bonds is 5. The number of fused-ring (bicyclic) bond motifs is 7. The van der Waals surface area contributed by atoms with Crippen LogP contribution in [-0.2, 0) is 0 Å². The van der Waals surface area contributed by atoms with Gasteiger partial charge < -0.3 is 0 Å². The molecule has 0 aliphatic carbocycles. The van der Waals surface area contributed by atoms with Crippen molar-refractivity contribution in [2.75, 3.05) is 0 Å². The number of benzene rings is 11. The summed E-state index contributed by atoms with van der Waals surface area (Å²) >= 11 is 0. The molecule has 296 valence electrons. The lowest BCUT2D eigenvalue weighted by Gasteiger charge is -2.19. The first-order valence-electron chi connectivity index (χ1n) is 21.9. The monoisotopic (exact) mass is 811 g/mol. The Morgan fingerprint density at radius 1 is 0.203 bits per heavy atom. The Bertz CT molecular complexity index is 3880. The maximum Gasteiger partial charge on any atom is 0.164 e. The lowest BCUT2D eigenvalue weighted by atomic mass is 9.84. The van der Waals surface area contributed by atoms with Crippen LogP contribution in [0.5, 0.6) is 0 Å². The zero-order valence-corrected chi connectivity index (χ0v) is 34.7. The first-order chi connectivity index (χ1) is 31.7. The quantitative estimate of drug-likeness (QED) is 0.128. The van der Waals surface area contributed by atoms with Crippen LogP contribution in [0, 0.1) is 0 Å². The summed E-state index contributed by atoms with van der Waals surface area (Å²) in [4.78, 5) is 14.9. The van der Waals surface area contributed by atoms with Crippen LogP contribution in [0.25, 0.3) is 132 Å². The zero-order valence-electron chi connectivity index (χ0n) is 34.7. The second-order valence-corrected chi connectivity index (χ2v) is 16.6. The second kappa shape index (κ2) is 14.5. The molecule has 13 rings (SSSR count). The molecule has 0 saturated heterocycles. The maximum atomic E-state index is 5.01. The molecule has 0 atom stereocenters. The Morgan fingerprint density at radius 2 is 0.547 bits per heavy atom. The largest absolute Gasteiger partial charge is 0.208 e. The third-order valence-electron chi connectivity index (χ3n) is 13.1. The van der Waals surface area contributed by atoms with E-state index in [1.54, 1.807) is 0 Å². The van der Waals surface area contributed by atoms with E-state index in [1.807, 2.05) is 60.7 Å². The van der Waals surface area contributed by atoms with Gasteiger partial charge >= 0.3 is 0 Å². The van der Waals surface area contributed by atoms with Gasteiger partial charge in [-0.2, -0.15) is 0 Å². The van der Waals surface area contributed by atoms with Gasteiger partial charge in [0.25, 0.3) is 0 Å². The smallest absolute Gasteiger partial charge is 0.164 e. The molecule has 13 aromatic rings. The highest BCUT2D eigenvalue weighted by Crippen LogP contribution is 2.46. The molecule has 0 amide bonds. The summed E-state index contributed by atoms with van der Waals surface area (Å²) in [5, 5.41) is 17.5. The van der Waals surface area contributed by atoms with Gasteiger partial charge in [0.1, 0.15) is 0 Å². The van der Waals surface area contributed by atoms with Gasteiger partial charge in [-0.3, -0.25) is 0 Å². The summed E-state index contributed by atoms with van der Waals surface area (Å²) in [5.41, 5.74) is 7.61. The van der Waals surface area contributed by atoms with E-state index in [9.17, 15) is 0 Å². The first kappa shape index (κ1) is 36.2. The van der Waals surface area contributed by atoms with E-state index in [2.05, 4.69) is 164 Å². The van der Waals surface area contributed by atoms with Gasteiger partial charge in [-0.25, -0.2) is 15.0 Å². The van der Waals surface area contributed by atoms with Crippen molar-refractivity contribution in [2.45, 2.75) is 0 Å². The Kier molecular flexibility index (Phi) is 8.22. The predicted molar refractivity (Wildman–Crippen MR) is 270 cm³/mol. The molecule has 64 heavy (non-hydrogen) atoms. The molecular weight excluding hydrogens is 775 g/mol. The summed E-state index contributed by atoms with van der Waals surface area (Å²) in [6.45, 7) is 0. The molecule has 0 aliphatic heterocycles. The molecule has 3 heteroatoms. The van der Waals surface area contributed by atoms with Gasteiger partial charge in [-0.1, -0.05) is 218 Å². The lowest BCUT2D eigenvalue weighted by molar-refractivity contribution is 1.07. The highest BCUT2D eigenvalue weighted by molar-refractivity contribution is 6.33. The van der Waals surface area contributed by atoms with Gasteiger partial charge in [0, 0.05) is 16.7 Å². The maximum absolute atomic E-state index is 5.01. The third kappa shape index (κ3) is 5.72. The molecule has 0 unspecified atom stereocenters. The van der Waals surface area contributed by atoms with E-state index in [1.165, 1.54) is 92.1 Å². The van der Waals surface area contributed by atoms with E-state index in [-0.39, 0.29) is 0 Å². The average molecular weight is 812 g/mol. The fourth-order valence-electron chi connectivity index (χ4n) is 10.2. The Morgan fingerprint density at radius 3 is 1.03 bits per heavy atom. The van der Waals surface area contributed by atoms with E-state index in [0.29, 0.717) is 17.5 Å². The van der Waals surface area contributed by atoms with Gasteiger partial charge in [-0.15, -0.1) is 0 Å². The fraction of sp³-hybridized carbons (Fsp3) is 0. The predicted octanol–water partition coefficient (Wildman–Crippen LogP) is 16.3. The van der Waals surface area contributed by atoms with Crippen molar-refractivity contribution in [1.82, 2.24) is 15.0 Å². The van der Waals surface area contributed by atoms with Gasteiger partial charge in [0.2, 0.25) is 0 Å². The molecule has 0 N–H and O–H groups in total. The van der Waals surface area contributed by atoms with Crippen LogP contribution in [0.2, 0.25) is 0 Å². The van der Waals surface area contributed by atoms with Crippen molar-refractivity contribution in [3.8, 4) is 56.4 Å². The van der Waals surface area contributed by atoms with Crippen LogP contribution in [0.15, 0.2) is 224 Å². The second-order valence-electron chi connectivity index (χ2n) is 16.6. The van der Waals surface area contributed by atoms with Crippen molar-refractivity contribution in [3.63, 3.8) is 0 Å². The minimum absolute atomic E-state index is 0.640. The highest BCUT2D eigenvalue weighted by atomic mass is 15.0. The van der Waals surface area contributed by atoms with E-state index >= 15 is 0 Å². The molecule has 0 spiro atoms. The van der Waals surface area contributed by atoms with Crippen LogP contribution in [-0.4, -0.2) is 15.0 Å². The molecule has 0 saturated carbocycles. The summed E-state index contributed by atoms with van der Waals surface area (Å²) in [5.74, 6) is 1.94. The number of hydrogen-bond acceptors (Lipinski definition) is 3. The number of hydrogen-bond donors (Lipinski definition) is 0. The van der Waals surface area contributed by atoms with Crippen molar-refractivity contribution < 1.29 is 0 Å². The standard InChI is InChI=1S/C61H37N3/c1-3-15-41(16-4-1)59-62-60(42-17-5-2-6-18-42)64-61(63-59)43-33-31-40(32-34-43)55-50-23-9-11-25-52(50)56(53-26-12-10-24-51(53)55)44-35-36-47-49-28-14-20-39-30-29-38-19-13-27-48(57(38)58(39)49)45-21-7-8-22-46(45)54(47)37-44/h1-37H. The molecule has 0 radical (unpaired) electrons. The first-order valence-corrected chi connectivity index (χ1v) is 21.9. The highest BCUT2D eigenvalue weighted by Gasteiger charge is 2.19. The van der Waals surface area contributed by atoms with Crippen LogP contribution in [0.1, 0.15) is 0 Å². The average Bonchev–Trinajstić information content (AvgIpc) is 3.37. The van der Waals surface area contributed by atoms with Crippen LogP contribution in [0.4, 0.5) is 0 Å². The van der Waals surface area contributed by atoms with Gasteiger partial charge in [-0.05, 0) is 104 Å². The summed E-state index contributed by atoms with van der Waals surface area (Å²) in [6.07, 6.45) is 0. The topological polar surface area (TPSA) is 38.7 Å². The van der Waals surface area contributed by atoms with Crippen molar-refractivity contribution in [1.29, 1.82) is 0 Å². The summed E-state index contributed by atoms with van der Waals surface area (Å²) in [6, 6.07) is 81.0. The fourth-order valence-corrected chi connectivity index (χ4v) is 10.2. The molecule has 0 aliphatic rings. The van der Waals surface area contributed by atoms with Gasteiger partial charge in [0.15, 0.2) is 17.5 Å². The number of aromatic nitrogens is 3. The van der Waals surface area contributed by atoms with Crippen molar-refractivity contribution >= 4 is 75.4 Å². The molecule has 1 aromatic heterocycles. The van der Waals surface area contributed by atoms with E-state index < -0.39 is 0 Å². The van der Waals surface area contributed by atoms with E-state index in [0.717, 1.165) is 22.3 Å². The Hall–Kier alpha value is -8.53. The zero-order chi connectivity index (χ0) is 42.1. The van der Waals surface area contributed by atoms with Crippen LogP contribution < -0.4 is 0 Å². The molecule has 0 fully saturated rings. The van der Waals surface area contributed by atoms with Crippen LogP contribution in [0.3, 0.4) is 0 Å². The minimum atomic E-state index is 0.640. The summed E-state index contributed by atoms with van der Waals surface area (Å²) in [7, 11) is 0. The van der Waals surface area contributed by atoms with Crippen molar-refractivity contribution in [2.24, 2.45) is 0 Å². The normalized spacial score (nSPS) is 11.8. The Balaban J connectivity index is 1.02. The minimum Gasteiger partial charge on any atom is -0.208 e. The molecular formula is C61H37N3. The molecule has 3 nitrogen and oxygen atoms in total. The Labute approximate surface area is 369 Å². The third-order valence-corrected chi connectivity index (χ3v) is 13.1. The SMILES string of the molecule is c1ccc(-c2nc(-c3ccccc3)nc(-c3ccc(-c4c5ccccc5c(-c5ccc6c(c5)c5ccccc5c5cccc7ccc8cccc6c8c75)c5ccccc45)cc3)n2)cc1. The molecule has 0 bridgehead atoms. The lowest BCUT2D eigenvalue weighted by Crippen LogP contribution is -2.00. The van der Waals surface area contributed by atoms with Crippen molar-refractivity contribution in [3.05, 3.63) is 224 Å². The van der Waals surface area contributed by atoms with Crippen LogP contribution >= 0.6 is 0 Å². The molecule has 12 aromatic carbocycles. The summed E-state index contributed by atoms with van der Waals surface area (Å²) < 4.78 is 0. The molecule has 1 heterocycles.